The first-order valence-electron chi connectivity index (χ1n) is 6.51. The summed E-state index contributed by atoms with van der Waals surface area (Å²) in [5.41, 5.74) is 12.0. The summed E-state index contributed by atoms with van der Waals surface area (Å²) in [6, 6.07) is 8.38. The van der Waals surface area contributed by atoms with E-state index in [4.69, 9.17) is 0 Å². The van der Waals surface area contributed by atoms with Gasteiger partial charge in [-0.1, -0.05) is 58.5 Å². The minimum Gasteiger partial charge on any atom is -0.106 e. The lowest BCUT2D eigenvalue weighted by Gasteiger charge is -2.30. The highest BCUT2D eigenvalue weighted by molar-refractivity contribution is 7.11. The Bertz CT molecular complexity index is 472. The maximum atomic E-state index is 4.01. The molecule has 0 nitrogen and oxygen atoms in total. The van der Waals surface area contributed by atoms with Crippen LogP contribution in [-0.4, -0.2) is 16.1 Å². The van der Waals surface area contributed by atoms with Crippen LogP contribution in [0.2, 0.25) is 0 Å². The van der Waals surface area contributed by atoms with E-state index in [1.54, 1.807) is 0 Å². The Hall–Kier alpha value is -1.91. The van der Waals surface area contributed by atoms with Gasteiger partial charge in [0.25, 0.3) is 0 Å². The van der Waals surface area contributed by atoms with Crippen molar-refractivity contribution in [2.75, 3.05) is 0 Å². The second kappa shape index (κ2) is 6.50. The fourth-order valence-corrected chi connectivity index (χ4v) is 7.89. The van der Waals surface area contributed by atoms with Crippen LogP contribution in [-0.2, 0) is 0 Å². The van der Waals surface area contributed by atoms with Gasteiger partial charge in [-0.3, -0.25) is 0 Å². The van der Waals surface area contributed by atoms with Crippen molar-refractivity contribution < 1.29 is 0 Å². The van der Waals surface area contributed by atoms with Crippen LogP contribution in [0, 0.1) is 0 Å². The summed E-state index contributed by atoms with van der Waals surface area (Å²) >= 11 is 0. The summed E-state index contributed by atoms with van der Waals surface area (Å²) in [7, 11) is -4.23. The molecule has 0 aliphatic heterocycles. The Balaban J connectivity index is 3.76. The molecule has 0 heterocycles. The zero-order valence-electron chi connectivity index (χ0n) is 12.0. The fraction of sp³-hybridized carbons (Fsp3) is 0. The zero-order chi connectivity index (χ0) is 15.2. The molecule has 0 unspecified atom stereocenters. The van der Waals surface area contributed by atoms with Gasteiger partial charge in [0.05, 0.1) is 0 Å². The lowest BCUT2D eigenvalue weighted by molar-refractivity contribution is 1.77. The molecule has 0 aromatic heterocycles. The van der Waals surface area contributed by atoms with E-state index < -0.39 is 16.1 Å². The highest BCUT2D eigenvalue weighted by atomic mass is 28.3. The molecule has 0 spiro atoms. The van der Waals surface area contributed by atoms with E-state index in [0.29, 0.717) is 0 Å². The van der Waals surface area contributed by atoms with Crippen molar-refractivity contribution in [1.29, 1.82) is 0 Å². The van der Waals surface area contributed by atoms with Gasteiger partial charge in [0, 0.05) is 0 Å². The Morgan fingerprint density at radius 1 is 0.550 bits per heavy atom. The third-order valence-corrected chi connectivity index (χ3v) is 10.9. The average Bonchev–Trinajstić information content (AvgIpc) is 2.53. The molecule has 0 fully saturated rings. The molecule has 0 saturated carbocycles. The predicted octanol–water partition coefficient (Wildman–Crippen LogP) is 3.35. The molecule has 0 saturated heterocycles. The van der Waals surface area contributed by atoms with Crippen molar-refractivity contribution in [1.82, 2.24) is 0 Å². The first kappa shape index (κ1) is 16.1. The predicted molar refractivity (Wildman–Crippen MR) is 98.4 cm³/mol. The van der Waals surface area contributed by atoms with Gasteiger partial charge in [-0.25, -0.2) is 0 Å². The topological polar surface area (TPSA) is 0 Å². The molecule has 1 aromatic carbocycles. The average molecular weight is 295 g/mol. The Labute approximate surface area is 124 Å². The van der Waals surface area contributed by atoms with Gasteiger partial charge in [-0.2, -0.15) is 0 Å². The van der Waals surface area contributed by atoms with Crippen LogP contribution >= 0.6 is 0 Å². The van der Waals surface area contributed by atoms with Crippen LogP contribution in [0.1, 0.15) is 0 Å². The molecule has 102 valence electrons. The lowest BCUT2D eigenvalue weighted by Crippen LogP contribution is -2.59. The summed E-state index contributed by atoms with van der Waals surface area (Å²) in [6.07, 6.45) is 0. The van der Waals surface area contributed by atoms with Gasteiger partial charge >= 0.3 is 0 Å². The van der Waals surface area contributed by atoms with Crippen LogP contribution in [0.4, 0.5) is 0 Å². The SMILES string of the molecule is C=C[Si](C=C)(C=C)c1ccccc1[Si](C=C)(C=C)C=C. The first-order chi connectivity index (χ1) is 9.59. The van der Waals surface area contributed by atoms with Gasteiger partial charge in [-0.15, -0.1) is 39.5 Å². The molecule has 0 aliphatic rings. The van der Waals surface area contributed by atoms with Crippen LogP contribution in [0.5, 0.6) is 0 Å². The lowest BCUT2D eigenvalue weighted by atomic mass is 10.4. The van der Waals surface area contributed by atoms with Gasteiger partial charge < -0.3 is 0 Å². The molecule has 0 atom stereocenters. The molecule has 0 amide bonds. The molecule has 1 rings (SSSR count). The molecule has 0 radical (unpaired) electrons. The third-order valence-electron chi connectivity index (χ3n) is 3.89. The zero-order valence-corrected chi connectivity index (χ0v) is 14.0. The van der Waals surface area contributed by atoms with E-state index in [2.05, 4.69) is 51.6 Å². The van der Waals surface area contributed by atoms with E-state index in [0.717, 1.165) is 0 Å². The number of benzene rings is 1. The first-order valence-corrected chi connectivity index (χ1v) is 11.0. The molecule has 0 bridgehead atoms. The normalized spacial score (nSPS) is 11.2. The van der Waals surface area contributed by atoms with Crippen LogP contribution in [0.15, 0.2) is 97.9 Å². The minimum absolute atomic E-state index is 1.26. The van der Waals surface area contributed by atoms with E-state index in [-0.39, 0.29) is 0 Å². The minimum atomic E-state index is -2.11. The summed E-state index contributed by atoms with van der Waals surface area (Å²) < 4.78 is 0. The van der Waals surface area contributed by atoms with Crippen molar-refractivity contribution in [3.63, 3.8) is 0 Å². The molecule has 0 N–H and O–H groups in total. The maximum absolute atomic E-state index is 4.01. The van der Waals surface area contributed by atoms with Crippen LogP contribution in [0.3, 0.4) is 0 Å². The Morgan fingerprint density at radius 2 is 0.800 bits per heavy atom. The van der Waals surface area contributed by atoms with Crippen molar-refractivity contribution >= 4 is 26.5 Å². The summed E-state index contributed by atoms with van der Waals surface area (Å²) in [5, 5.41) is 2.51. The summed E-state index contributed by atoms with van der Waals surface area (Å²) in [5.74, 6) is 0. The fourth-order valence-electron chi connectivity index (χ4n) is 2.40. The Kier molecular flexibility index (Phi) is 5.25. The van der Waals surface area contributed by atoms with Crippen molar-refractivity contribution in [2.45, 2.75) is 0 Å². The quantitative estimate of drug-likeness (QED) is 0.645. The monoisotopic (exact) mass is 294 g/mol. The highest BCUT2D eigenvalue weighted by Gasteiger charge is 2.34. The Morgan fingerprint density at radius 3 is 1.00 bits per heavy atom. The second-order valence-electron chi connectivity index (χ2n) is 4.64. The van der Waals surface area contributed by atoms with Gasteiger partial charge in [0.2, 0.25) is 0 Å². The van der Waals surface area contributed by atoms with E-state index in [1.165, 1.54) is 10.4 Å². The van der Waals surface area contributed by atoms with Crippen molar-refractivity contribution in [3.05, 3.63) is 97.9 Å². The standard InChI is InChI=1S/C18H22Si2/c1-7-19(8-2,9-3)17-15-13-14-16-18(17)20(10-4,11-5)12-6/h7-16H,1-6H2. The molecule has 2 heteroatoms. The van der Waals surface area contributed by atoms with Gasteiger partial charge in [0.15, 0.2) is 16.1 Å². The molecule has 0 aliphatic carbocycles. The number of rotatable bonds is 8. The van der Waals surface area contributed by atoms with Crippen LogP contribution < -0.4 is 10.4 Å². The van der Waals surface area contributed by atoms with E-state index in [1.807, 2.05) is 46.3 Å². The van der Waals surface area contributed by atoms with Gasteiger partial charge in [-0.05, 0) is 10.4 Å². The summed E-state index contributed by atoms with van der Waals surface area (Å²) in [6.45, 7) is 24.1. The highest BCUT2D eigenvalue weighted by Crippen LogP contribution is 2.13. The molecule has 1 aromatic rings. The third kappa shape index (κ3) is 2.40. The summed E-state index contributed by atoms with van der Waals surface area (Å²) in [4.78, 5) is 0. The van der Waals surface area contributed by atoms with Crippen LogP contribution in [0.25, 0.3) is 0 Å². The van der Waals surface area contributed by atoms with Crippen molar-refractivity contribution in [3.8, 4) is 0 Å². The van der Waals surface area contributed by atoms with E-state index >= 15 is 0 Å². The number of hydrogen-bond acceptors (Lipinski definition) is 0. The molecular formula is C18H22Si2. The van der Waals surface area contributed by atoms with Crippen molar-refractivity contribution in [2.24, 2.45) is 0 Å². The molecular weight excluding hydrogens is 272 g/mol. The van der Waals surface area contributed by atoms with E-state index in [9.17, 15) is 0 Å². The number of hydrogen-bond donors (Lipinski definition) is 0. The molecule has 20 heavy (non-hydrogen) atoms. The maximum Gasteiger partial charge on any atom is 0.156 e. The second-order valence-corrected chi connectivity index (χ2v) is 11.9. The largest absolute Gasteiger partial charge is 0.156 e. The van der Waals surface area contributed by atoms with Gasteiger partial charge in [0.1, 0.15) is 0 Å². The smallest absolute Gasteiger partial charge is 0.106 e.